The third kappa shape index (κ3) is 4.58. The molecular weight excluding hydrogens is 384 g/mol. The van der Waals surface area contributed by atoms with Crippen molar-refractivity contribution in [2.45, 2.75) is 19.3 Å². The molecule has 0 aromatic carbocycles. The van der Waals surface area contributed by atoms with Crippen LogP contribution < -0.4 is 4.90 Å². The molecule has 1 aromatic heterocycles. The van der Waals surface area contributed by atoms with Gasteiger partial charge in [-0.2, -0.15) is 0 Å². The van der Waals surface area contributed by atoms with E-state index in [-0.39, 0.29) is 22.6 Å². The normalized spacial score (nSPS) is 14.2. The van der Waals surface area contributed by atoms with Gasteiger partial charge in [-0.05, 0) is 19.3 Å². The number of esters is 4. The molecule has 29 heavy (non-hydrogen) atoms. The maximum Gasteiger partial charge on any atom is 0.355 e. The largest absolute Gasteiger partial charge is 0.466 e. The number of rotatable bonds is 6. The van der Waals surface area contributed by atoms with Crippen LogP contribution in [0.2, 0.25) is 0 Å². The molecule has 1 aromatic rings. The third-order valence-electron chi connectivity index (χ3n) is 4.54. The van der Waals surface area contributed by atoms with Gasteiger partial charge in [-0.1, -0.05) is 0 Å². The van der Waals surface area contributed by atoms with Crippen molar-refractivity contribution < 1.29 is 38.1 Å². The molecule has 0 aliphatic carbocycles. The maximum atomic E-state index is 12.6. The maximum absolute atomic E-state index is 12.6. The van der Waals surface area contributed by atoms with Crippen LogP contribution in [0.1, 0.15) is 40.0 Å². The second kappa shape index (κ2) is 9.76. The van der Waals surface area contributed by atoms with Crippen LogP contribution in [-0.4, -0.2) is 70.0 Å². The van der Waals surface area contributed by atoms with Crippen LogP contribution in [0.25, 0.3) is 5.70 Å². The summed E-state index contributed by atoms with van der Waals surface area (Å²) in [5.74, 6) is -2.96. The smallest absolute Gasteiger partial charge is 0.355 e. The summed E-state index contributed by atoms with van der Waals surface area (Å²) in [5.41, 5.74) is -0.374. The summed E-state index contributed by atoms with van der Waals surface area (Å²) in [6.45, 7) is 1.17. The first-order valence-electron chi connectivity index (χ1n) is 8.94. The molecule has 0 radical (unpaired) electrons. The molecule has 0 N–H and O–H groups in total. The number of ether oxygens (including phenoxy) is 4. The minimum Gasteiger partial charge on any atom is -0.466 e. The van der Waals surface area contributed by atoms with Crippen molar-refractivity contribution in [2.24, 2.45) is 0 Å². The Morgan fingerprint density at radius 3 is 2.00 bits per heavy atom. The number of hydrogen-bond donors (Lipinski definition) is 0. The molecule has 158 valence electrons. The highest BCUT2D eigenvalue weighted by Crippen LogP contribution is 2.33. The van der Waals surface area contributed by atoms with Gasteiger partial charge in [0, 0.05) is 19.3 Å². The number of methoxy groups -OCH3 is 4. The second-order valence-corrected chi connectivity index (χ2v) is 6.19. The molecule has 0 amide bonds. The van der Waals surface area contributed by atoms with Crippen molar-refractivity contribution >= 4 is 35.4 Å². The monoisotopic (exact) mass is 408 g/mol. The van der Waals surface area contributed by atoms with Crippen LogP contribution in [0.5, 0.6) is 0 Å². The lowest BCUT2D eigenvalue weighted by molar-refractivity contribution is -0.137. The van der Waals surface area contributed by atoms with Crippen LogP contribution in [-0.2, 0) is 28.5 Å². The molecule has 1 aliphatic rings. The van der Waals surface area contributed by atoms with Crippen molar-refractivity contribution in [3.05, 3.63) is 23.4 Å². The van der Waals surface area contributed by atoms with Crippen molar-refractivity contribution in [1.29, 1.82) is 0 Å². The number of anilines is 1. The highest BCUT2D eigenvalue weighted by atomic mass is 16.5. The lowest BCUT2D eigenvalue weighted by atomic mass is 10.1. The number of carbonyl (C=O) groups is 4. The Morgan fingerprint density at radius 1 is 0.862 bits per heavy atom. The Kier molecular flexibility index (Phi) is 7.40. The van der Waals surface area contributed by atoms with Crippen LogP contribution in [0.3, 0.4) is 0 Å². The van der Waals surface area contributed by atoms with E-state index < -0.39 is 23.9 Å². The third-order valence-corrected chi connectivity index (χ3v) is 4.54. The summed E-state index contributed by atoms with van der Waals surface area (Å²) in [6.07, 6.45) is 4.91. The van der Waals surface area contributed by atoms with Gasteiger partial charge in [0.2, 0.25) is 0 Å². The first-order chi connectivity index (χ1) is 13.9. The summed E-state index contributed by atoms with van der Waals surface area (Å²) < 4.78 is 20.3. The fraction of sp³-hybridized carbons (Fsp3) is 0.474. The van der Waals surface area contributed by atoms with Crippen molar-refractivity contribution in [3.63, 3.8) is 0 Å². The molecule has 0 bridgehead atoms. The van der Waals surface area contributed by atoms with E-state index in [0.29, 0.717) is 13.1 Å². The number of piperidine rings is 1. The molecule has 10 heteroatoms. The molecule has 0 atom stereocenters. The minimum absolute atomic E-state index is 0.0547. The SMILES string of the molecule is COC(=O)/C=C(\C(=O)OC)n1cc(C(=O)OC)c(C(=O)OC)c1N1CCCCC1. The van der Waals surface area contributed by atoms with E-state index in [0.717, 1.165) is 39.6 Å². The van der Waals surface area contributed by atoms with E-state index in [1.807, 2.05) is 4.90 Å². The first-order valence-corrected chi connectivity index (χ1v) is 8.94. The molecule has 1 fully saturated rings. The van der Waals surface area contributed by atoms with Gasteiger partial charge in [0.15, 0.2) is 0 Å². The number of aromatic nitrogens is 1. The Bertz CT molecular complexity index is 834. The first kappa shape index (κ1) is 22.0. The van der Waals surface area contributed by atoms with Crippen LogP contribution in [0, 0.1) is 0 Å². The van der Waals surface area contributed by atoms with Gasteiger partial charge in [-0.15, -0.1) is 0 Å². The average Bonchev–Trinajstić information content (AvgIpc) is 3.16. The Labute approximate surface area is 167 Å². The van der Waals surface area contributed by atoms with Crippen molar-refractivity contribution in [2.75, 3.05) is 46.4 Å². The van der Waals surface area contributed by atoms with Crippen LogP contribution in [0.4, 0.5) is 5.82 Å². The highest BCUT2D eigenvalue weighted by molar-refractivity contribution is 6.17. The Morgan fingerprint density at radius 2 is 1.48 bits per heavy atom. The molecule has 0 spiro atoms. The average molecular weight is 408 g/mol. The fourth-order valence-electron chi connectivity index (χ4n) is 3.17. The summed E-state index contributed by atoms with van der Waals surface area (Å²) in [6, 6.07) is 0. The van der Waals surface area contributed by atoms with E-state index >= 15 is 0 Å². The predicted octanol–water partition coefficient (Wildman–Crippen LogP) is 1.24. The topological polar surface area (TPSA) is 113 Å². The summed E-state index contributed by atoms with van der Waals surface area (Å²) in [5, 5.41) is 0. The van der Waals surface area contributed by atoms with Crippen molar-refractivity contribution in [3.8, 4) is 0 Å². The molecule has 0 unspecified atom stereocenters. The zero-order valence-electron chi connectivity index (χ0n) is 16.9. The van der Waals surface area contributed by atoms with Gasteiger partial charge in [-0.3, -0.25) is 4.57 Å². The zero-order chi connectivity index (χ0) is 21.6. The number of carbonyl (C=O) groups excluding carboxylic acids is 4. The fourth-order valence-corrected chi connectivity index (χ4v) is 3.17. The molecule has 10 nitrogen and oxygen atoms in total. The lowest BCUT2D eigenvalue weighted by Crippen LogP contribution is -2.33. The second-order valence-electron chi connectivity index (χ2n) is 6.19. The number of nitrogens with zero attached hydrogens (tertiary/aromatic N) is 2. The van der Waals surface area contributed by atoms with Gasteiger partial charge >= 0.3 is 23.9 Å². The van der Waals surface area contributed by atoms with Crippen molar-refractivity contribution in [1.82, 2.24) is 4.57 Å². The molecule has 1 aliphatic heterocycles. The van der Waals surface area contributed by atoms with E-state index in [2.05, 4.69) is 4.74 Å². The quantitative estimate of drug-likeness (QED) is 0.390. The van der Waals surface area contributed by atoms with Gasteiger partial charge in [0.05, 0.1) is 40.1 Å². The standard InChI is InChI=1S/C19H24N2O8/c1-26-14(22)10-13(18(24)28-3)21-11-12(17(23)27-2)15(19(25)29-4)16(21)20-8-6-5-7-9-20/h10-11H,5-9H2,1-4H3/b13-10+. The molecule has 0 saturated carbocycles. The predicted molar refractivity (Wildman–Crippen MR) is 101 cm³/mol. The summed E-state index contributed by atoms with van der Waals surface area (Å²) in [7, 11) is 4.67. The molecule has 2 heterocycles. The highest BCUT2D eigenvalue weighted by Gasteiger charge is 2.33. The summed E-state index contributed by atoms with van der Waals surface area (Å²) in [4.78, 5) is 51.1. The van der Waals surface area contributed by atoms with E-state index in [1.54, 1.807) is 0 Å². The minimum atomic E-state index is -0.850. The molecule has 1 saturated heterocycles. The van der Waals surface area contributed by atoms with Gasteiger partial charge in [0.25, 0.3) is 0 Å². The molecular formula is C19H24N2O8. The zero-order valence-corrected chi connectivity index (χ0v) is 16.9. The number of hydrogen-bond acceptors (Lipinski definition) is 9. The Hall–Kier alpha value is -3.30. The lowest BCUT2D eigenvalue weighted by Gasteiger charge is -2.30. The summed E-state index contributed by atoms with van der Waals surface area (Å²) >= 11 is 0. The van der Waals surface area contributed by atoms with Gasteiger partial charge < -0.3 is 23.8 Å². The van der Waals surface area contributed by atoms with Crippen LogP contribution in [0.15, 0.2) is 12.3 Å². The van der Waals surface area contributed by atoms with Crippen LogP contribution >= 0.6 is 0 Å². The van der Waals surface area contributed by atoms with Gasteiger partial charge in [0.1, 0.15) is 17.1 Å². The van der Waals surface area contributed by atoms with Gasteiger partial charge in [-0.25, -0.2) is 19.2 Å². The van der Waals surface area contributed by atoms with E-state index in [1.165, 1.54) is 25.0 Å². The van der Waals surface area contributed by atoms with E-state index in [4.69, 9.17) is 14.2 Å². The van der Waals surface area contributed by atoms with E-state index in [9.17, 15) is 19.2 Å². The Balaban J connectivity index is 2.83. The molecule has 2 rings (SSSR count).